The molecule has 1 heterocycles. The Labute approximate surface area is 214 Å². The molecule has 1 saturated carbocycles. The zero-order valence-corrected chi connectivity index (χ0v) is 21.7. The van der Waals surface area contributed by atoms with Gasteiger partial charge in [0, 0.05) is 24.8 Å². The molecular weight excluding hydrogens is 454 g/mol. The van der Waals surface area contributed by atoms with E-state index in [1.807, 2.05) is 49.4 Å². The maximum absolute atomic E-state index is 14.2. The molecular formula is C30H39NO5. The quantitative estimate of drug-likeness (QED) is 0.440. The smallest absolute Gasteiger partial charge is 0.303 e. The van der Waals surface area contributed by atoms with Crippen molar-refractivity contribution >= 4 is 11.9 Å². The highest BCUT2D eigenvalue weighted by Crippen LogP contribution is 2.58. The summed E-state index contributed by atoms with van der Waals surface area (Å²) in [6.07, 6.45) is 7.09. The number of rotatable bonds is 3. The van der Waals surface area contributed by atoms with Gasteiger partial charge in [0.2, 0.25) is 5.91 Å². The molecule has 9 atom stereocenters. The van der Waals surface area contributed by atoms with Crippen molar-refractivity contribution in [2.45, 2.75) is 70.8 Å². The van der Waals surface area contributed by atoms with Gasteiger partial charge in [-0.2, -0.15) is 0 Å². The van der Waals surface area contributed by atoms with Crippen LogP contribution in [0.4, 0.5) is 0 Å². The van der Waals surface area contributed by atoms with E-state index in [4.69, 9.17) is 4.74 Å². The molecule has 194 valence electrons. The first-order valence-corrected chi connectivity index (χ1v) is 12.9. The van der Waals surface area contributed by atoms with Crippen molar-refractivity contribution in [3.8, 4) is 0 Å². The van der Waals surface area contributed by atoms with Crippen molar-refractivity contribution in [1.82, 2.24) is 5.32 Å². The zero-order valence-electron chi connectivity index (χ0n) is 21.7. The second-order valence-corrected chi connectivity index (χ2v) is 11.3. The Hall–Kier alpha value is -2.70. The van der Waals surface area contributed by atoms with Crippen LogP contribution in [-0.4, -0.2) is 45.9 Å². The number of amides is 1. The van der Waals surface area contributed by atoms with Crippen LogP contribution in [0.2, 0.25) is 0 Å². The molecule has 1 spiro atoms. The number of esters is 1. The first kappa shape index (κ1) is 26.4. The lowest BCUT2D eigenvalue weighted by molar-refractivity contribution is -0.166. The highest BCUT2D eigenvalue weighted by molar-refractivity contribution is 5.89. The third-order valence-electron chi connectivity index (χ3n) is 8.43. The van der Waals surface area contributed by atoms with Crippen molar-refractivity contribution < 1.29 is 24.5 Å². The van der Waals surface area contributed by atoms with Crippen LogP contribution in [0.25, 0.3) is 0 Å². The second kappa shape index (κ2) is 9.98. The minimum Gasteiger partial charge on any atom is -0.457 e. The van der Waals surface area contributed by atoms with Crippen molar-refractivity contribution in [3.63, 3.8) is 0 Å². The van der Waals surface area contributed by atoms with Crippen molar-refractivity contribution in [3.05, 3.63) is 72.4 Å². The van der Waals surface area contributed by atoms with Crippen molar-refractivity contribution in [2.75, 3.05) is 0 Å². The summed E-state index contributed by atoms with van der Waals surface area (Å²) < 4.78 is 5.89. The number of carbonyl (C=O) groups excluding carboxylic acids is 2. The number of aliphatic hydroxyl groups is 2. The first-order valence-electron chi connectivity index (χ1n) is 12.9. The lowest BCUT2D eigenvalue weighted by atomic mass is 9.51. The minimum atomic E-state index is -1.26. The van der Waals surface area contributed by atoms with Gasteiger partial charge in [0.05, 0.1) is 11.7 Å². The Morgan fingerprint density at radius 1 is 1.22 bits per heavy atom. The van der Waals surface area contributed by atoms with Crippen molar-refractivity contribution in [2.24, 2.45) is 29.1 Å². The summed E-state index contributed by atoms with van der Waals surface area (Å²) >= 11 is 0. The fraction of sp³-hybridized carbons (Fsp3) is 0.533. The molecule has 36 heavy (non-hydrogen) atoms. The molecule has 6 heteroatoms. The number of aliphatic hydroxyl groups excluding tert-OH is 1. The van der Waals surface area contributed by atoms with Gasteiger partial charge in [-0.15, -0.1) is 0 Å². The van der Waals surface area contributed by atoms with Gasteiger partial charge >= 0.3 is 5.97 Å². The van der Waals surface area contributed by atoms with Crippen LogP contribution in [-0.2, 0) is 20.7 Å². The molecule has 0 bridgehead atoms. The minimum absolute atomic E-state index is 0.170. The summed E-state index contributed by atoms with van der Waals surface area (Å²) in [6, 6.07) is 9.73. The van der Waals surface area contributed by atoms with Crippen LogP contribution in [0.3, 0.4) is 0 Å². The number of benzene rings is 1. The van der Waals surface area contributed by atoms with Gasteiger partial charge in [0.1, 0.15) is 11.5 Å². The van der Waals surface area contributed by atoms with Gasteiger partial charge in [0.15, 0.2) is 0 Å². The average Bonchev–Trinajstić information content (AvgIpc) is 3.08. The molecule has 1 amide bonds. The van der Waals surface area contributed by atoms with E-state index in [1.165, 1.54) is 6.92 Å². The van der Waals surface area contributed by atoms with E-state index in [0.717, 1.165) is 5.56 Å². The third kappa shape index (κ3) is 4.69. The van der Waals surface area contributed by atoms with E-state index in [2.05, 4.69) is 18.8 Å². The van der Waals surface area contributed by atoms with Crippen LogP contribution in [0.1, 0.15) is 46.1 Å². The number of hydrogen-bond donors (Lipinski definition) is 3. The highest BCUT2D eigenvalue weighted by atomic mass is 16.5. The van der Waals surface area contributed by atoms with Crippen LogP contribution in [0.5, 0.6) is 0 Å². The molecule has 1 aromatic rings. The number of nitrogens with one attached hydrogen (secondary N) is 1. The van der Waals surface area contributed by atoms with E-state index in [-0.39, 0.29) is 29.7 Å². The van der Waals surface area contributed by atoms with Crippen LogP contribution in [0, 0.1) is 29.1 Å². The predicted molar refractivity (Wildman–Crippen MR) is 139 cm³/mol. The predicted octanol–water partition coefficient (Wildman–Crippen LogP) is 3.74. The second-order valence-electron chi connectivity index (χ2n) is 11.3. The van der Waals surface area contributed by atoms with Gasteiger partial charge in [-0.05, 0) is 55.2 Å². The van der Waals surface area contributed by atoms with Gasteiger partial charge < -0.3 is 20.3 Å². The monoisotopic (exact) mass is 493 g/mol. The molecule has 2 fully saturated rings. The fourth-order valence-corrected chi connectivity index (χ4v) is 6.90. The molecule has 1 aliphatic heterocycles. The Morgan fingerprint density at radius 2 is 1.92 bits per heavy atom. The standard InChI is InChI=1S/C30H39NO5/c1-18-10-9-13-23-27(33)20(3)19(2)26-24(16-22-11-7-6-8-12-22)31-28(34)30(23,26)25(36-21(4)32)14-15-29(5,35)17-18/h6-9,11-15,18-19,23-27,33,35H,3,10,16-17H2,1-2,4-5H3,(H,31,34)/b13-9+,15-14+/t18-,19+,23-,24-,25+,26+,27+,29-,30+/m0/s1. The summed E-state index contributed by atoms with van der Waals surface area (Å²) in [5.41, 5.74) is -0.635. The lowest BCUT2D eigenvalue weighted by Crippen LogP contribution is -2.60. The molecule has 0 radical (unpaired) electrons. The summed E-state index contributed by atoms with van der Waals surface area (Å²) in [5, 5.41) is 25.8. The summed E-state index contributed by atoms with van der Waals surface area (Å²) in [4.78, 5) is 26.5. The summed E-state index contributed by atoms with van der Waals surface area (Å²) in [7, 11) is 0. The molecule has 3 aliphatic rings. The summed E-state index contributed by atoms with van der Waals surface area (Å²) in [5.74, 6) is -1.75. The Morgan fingerprint density at radius 3 is 2.58 bits per heavy atom. The van der Waals surface area contributed by atoms with Crippen LogP contribution >= 0.6 is 0 Å². The third-order valence-corrected chi connectivity index (χ3v) is 8.43. The zero-order chi connectivity index (χ0) is 26.3. The maximum Gasteiger partial charge on any atom is 0.303 e. The molecule has 1 saturated heterocycles. The maximum atomic E-state index is 14.2. The number of ether oxygens (including phenoxy) is 1. The molecule has 4 rings (SSSR count). The topological polar surface area (TPSA) is 95.9 Å². The number of hydrogen-bond acceptors (Lipinski definition) is 5. The molecule has 6 nitrogen and oxygen atoms in total. The molecule has 2 aliphatic carbocycles. The SMILES string of the molecule is C=C1[C@@H](C)[C@@H]2[C@H](Cc3ccccc3)NC(=O)[C@]23[C@H](OC(C)=O)/C=C/[C@](C)(O)C[C@@H](C)C/C=C/[C@H]3[C@@H]1O. The van der Waals surface area contributed by atoms with E-state index in [1.54, 1.807) is 19.1 Å². The highest BCUT2D eigenvalue weighted by Gasteiger charge is 2.68. The Bertz CT molecular complexity index is 1060. The number of carbonyl (C=O) groups is 2. The van der Waals surface area contributed by atoms with Crippen LogP contribution in [0.15, 0.2) is 66.8 Å². The lowest BCUT2D eigenvalue weighted by Gasteiger charge is -2.52. The molecule has 1 aromatic carbocycles. The van der Waals surface area contributed by atoms with Crippen LogP contribution < -0.4 is 5.32 Å². The average molecular weight is 494 g/mol. The molecule has 0 aromatic heterocycles. The van der Waals surface area contributed by atoms with E-state index in [0.29, 0.717) is 24.8 Å². The van der Waals surface area contributed by atoms with Gasteiger partial charge in [-0.25, -0.2) is 0 Å². The summed E-state index contributed by atoms with van der Waals surface area (Å²) in [6.45, 7) is 11.3. The van der Waals surface area contributed by atoms with Gasteiger partial charge in [0.25, 0.3) is 0 Å². The molecule has 0 unspecified atom stereocenters. The van der Waals surface area contributed by atoms with E-state index < -0.39 is 35.1 Å². The van der Waals surface area contributed by atoms with Gasteiger partial charge in [-0.3, -0.25) is 9.59 Å². The number of allylic oxidation sites excluding steroid dienone is 1. The van der Waals surface area contributed by atoms with E-state index in [9.17, 15) is 19.8 Å². The fourth-order valence-electron chi connectivity index (χ4n) is 6.90. The molecule has 3 N–H and O–H groups in total. The van der Waals surface area contributed by atoms with Crippen molar-refractivity contribution in [1.29, 1.82) is 0 Å². The van der Waals surface area contributed by atoms with Gasteiger partial charge in [-0.1, -0.05) is 69.0 Å². The Balaban J connectivity index is 1.92. The normalized spacial score (nSPS) is 42.3. The Kier molecular flexibility index (Phi) is 7.31. The first-order chi connectivity index (χ1) is 17.0. The largest absolute Gasteiger partial charge is 0.457 e. The van der Waals surface area contributed by atoms with E-state index >= 15 is 0 Å².